The molecule has 0 unspecified atom stereocenters. The monoisotopic (exact) mass is 194 g/mol. The number of ether oxygens (including phenoxy) is 1. The summed E-state index contributed by atoms with van der Waals surface area (Å²) in [6, 6.07) is 5.67. The van der Waals surface area contributed by atoms with Gasteiger partial charge in [0.1, 0.15) is 5.75 Å². The Morgan fingerprint density at radius 2 is 2.00 bits per heavy atom. The molecule has 0 saturated carbocycles. The van der Waals surface area contributed by atoms with Crippen LogP contribution in [0.25, 0.3) is 0 Å². The van der Waals surface area contributed by atoms with Gasteiger partial charge in [0.05, 0.1) is 5.60 Å². The Labute approximate surface area is 85.5 Å². The molecule has 0 bridgehead atoms. The van der Waals surface area contributed by atoms with E-state index in [1.54, 1.807) is 6.07 Å². The smallest absolute Gasteiger partial charge is 0.118 e. The molecule has 0 saturated heterocycles. The summed E-state index contributed by atoms with van der Waals surface area (Å²) in [6.07, 6.45) is 0. The molecule has 1 N–H and O–H groups in total. The van der Waals surface area contributed by atoms with Gasteiger partial charge in [-0.1, -0.05) is 12.1 Å². The van der Waals surface area contributed by atoms with Gasteiger partial charge in [-0.25, -0.2) is 0 Å². The van der Waals surface area contributed by atoms with E-state index in [4.69, 9.17) is 4.74 Å². The molecule has 0 amide bonds. The molecule has 78 valence electrons. The van der Waals surface area contributed by atoms with Crippen molar-refractivity contribution in [3.05, 3.63) is 29.3 Å². The third-order valence-electron chi connectivity index (χ3n) is 2.41. The second kappa shape index (κ2) is 4.01. The van der Waals surface area contributed by atoms with Crippen molar-refractivity contribution in [2.45, 2.75) is 33.3 Å². The predicted octanol–water partition coefficient (Wildman–Crippen LogP) is 2.97. The molecule has 0 fully saturated rings. The summed E-state index contributed by atoms with van der Waals surface area (Å²) in [6.45, 7) is 8.52. The predicted molar refractivity (Wildman–Crippen MR) is 57.5 cm³/mol. The molecule has 1 rings (SSSR count). The van der Waals surface area contributed by atoms with Crippen molar-refractivity contribution < 1.29 is 9.84 Å². The molecule has 14 heavy (non-hydrogen) atoms. The Kier molecular flexibility index (Phi) is 3.17. The van der Waals surface area contributed by atoms with Gasteiger partial charge in [-0.3, -0.25) is 0 Å². The Balaban J connectivity index is 3.01. The van der Waals surface area contributed by atoms with E-state index in [2.05, 4.69) is 0 Å². The molecule has 1 aromatic rings. The maximum Gasteiger partial charge on any atom is 0.118 e. The van der Waals surface area contributed by atoms with Crippen LogP contribution in [0.5, 0.6) is 5.75 Å². The van der Waals surface area contributed by atoms with Crippen molar-refractivity contribution in [3.8, 4) is 5.75 Å². The van der Waals surface area contributed by atoms with Crippen LogP contribution < -0.4 is 0 Å². The van der Waals surface area contributed by atoms with Crippen LogP contribution >= 0.6 is 0 Å². The van der Waals surface area contributed by atoms with Crippen LogP contribution in [0.3, 0.4) is 0 Å². The Morgan fingerprint density at radius 3 is 2.50 bits per heavy atom. The number of rotatable bonds is 3. The fourth-order valence-electron chi connectivity index (χ4n) is 1.43. The lowest BCUT2D eigenvalue weighted by atomic mass is 9.96. The van der Waals surface area contributed by atoms with Gasteiger partial charge in [0.2, 0.25) is 0 Å². The first-order chi connectivity index (χ1) is 6.47. The van der Waals surface area contributed by atoms with Gasteiger partial charge in [-0.05, 0) is 44.9 Å². The van der Waals surface area contributed by atoms with Crippen molar-refractivity contribution >= 4 is 0 Å². The molecule has 0 aromatic heterocycles. The number of hydrogen-bond acceptors (Lipinski definition) is 2. The third kappa shape index (κ3) is 2.26. The van der Waals surface area contributed by atoms with E-state index in [-0.39, 0.29) is 5.60 Å². The van der Waals surface area contributed by atoms with Gasteiger partial charge in [0.15, 0.2) is 0 Å². The summed E-state index contributed by atoms with van der Waals surface area (Å²) >= 11 is 0. The fourth-order valence-corrected chi connectivity index (χ4v) is 1.43. The third-order valence-corrected chi connectivity index (χ3v) is 2.41. The zero-order valence-electron chi connectivity index (χ0n) is 9.29. The summed E-state index contributed by atoms with van der Waals surface area (Å²) in [4.78, 5) is 0. The zero-order chi connectivity index (χ0) is 10.8. The minimum Gasteiger partial charge on any atom is -0.508 e. The average molecular weight is 194 g/mol. The highest BCUT2D eigenvalue weighted by molar-refractivity contribution is 5.37. The molecule has 0 aliphatic rings. The maximum absolute atomic E-state index is 9.58. The highest BCUT2D eigenvalue weighted by atomic mass is 16.5. The molecule has 0 spiro atoms. The van der Waals surface area contributed by atoms with E-state index >= 15 is 0 Å². The normalized spacial score (nSPS) is 11.7. The quantitative estimate of drug-likeness (QED) is 0.801. The Bertz CT molecular complexity index is 316. The first-order valence-electron chi connectivity index (χ1n) is 4.91. The standard InChI is InChI=1S/C12H18O2/c1-5-14-12(3,4)10-7-6-9(2)11(13)8-10/h6-8,13H,5H2,1-4H3. The lowest BCUT2D eigenvalue weighted by molar-refractivity contribution is -0.0141. The van der Waals surface area contributed by atoms with Gasteiger partial charge in [-0.2, -0.15) is 0 Å². The Hall–Kier alpha value is -1.02. The summed E-state index contributed by atoms with van der Waals surface area (Å²) in [5.41, 5.74) is 1.56. The van der Waals surface area contributed by atoms with Crippen molar-refractivity contribution in [2.24, 2.45) is 0 Å². The number of benzene rings is 1. The number of hydrogen-bond donors (Lipinski definition) is 1. The SMILES string of the molecule is CCOC(C)(C)c1ccc(C)c(O)c1. The molecular formula is C12H18O2. The maximum atomic E-state index is 9.58. The van der Waals surface area contributed by atoms with Crippen molar-refractivity contribution in [3.63, 3.8) is 0 Å². The number of aryl methyl sites for hydroxylation is 1. The molecular weight excluding hydrogens is 176 g/mol. The minimum atomic E-state index is -0.333. The topological polar surface area (TPSA) is 29.5 Å². The average Bonchev–Trinajstić information content (AvgIpc) is 2.09. The Morgan fingerprint density at radius 1 is 1.36 bits per heavy atom. The summed E-state index contributed by atoms with van der Waals surface area (Å²) in [5, 5.41) is 9.58. The van der Waals surface area contributed by atoms with E-state index in [0.717, 1.165) is 11.1 Å². The van der Waals surface area contributed by atoms with Crippen LogP contribution in [-0.2, 0) is 10.3 Å². The summed E-state index contributed by atoms with van der Waals surface area (Å²) in [7, 11) is 0. The van der Waals surface area contributed by atoms with Gasteiger partial charge in [-0.15, -0.1) is 0 Å². The number of phenols is 1. The van der Waals surface area contributed by atoms with Gasteiger partial charge in [0.25, 0.3) is 0 Å². The van der Waals surface area contributed by atoms with E-state index in [1.807, 2.05) is 39.8 Å². The van der Waals surface area contributed by atoms with Crippen LogP contribution in [0.15, 0.2) is 18.2 Å². The summed E-state index contributed by atoms with van der Waals surface area (Å²) in [5.74, 6) is 0.329. The first kappa shape index (κ1) is 11.1. The van der Waals surface area contributed by atoms with Crippen LogP contribution in [0.1, 0.15) is 31.9 Å². The van der Waals surface area contributed by atoms with E-state index in [0.29, 0.717) is 12.4 Å². The second-order valence-corrected chi connectivity index (χ2v) is 3.94. The molecule has 1 aromatic carbocycles. The lowest BCUT2D eigenvalue weighted by Crippen LogP contribution is -2.21. The molecule has 0 radical (unpaired) electrons. The summed E-state index contributed by atoms with van der Waals surface area (Å²) < 4.78 is 5.60. The minimum absolute atomic E-state index is 0.329. The van der Waals surface area contributed by atoms with E-state index in [1.165, 1.54) is 0 Å². The van der Waals surface area contributed by atoms with Gasteiger partial charge in [0, 0.05) is 6.61 Å². The molecule has 2 nitrogen and oxygen atoms in total. The van der Waals surface area contributed by atoms with Crippen LogP contribution in [0, 0.1) is 6.92 Å². The van der Waals surface area contributed by atoms with Crippen molar-refractivity contribution in [1.82, 2.24) is 0 Å². The van der Waals surface area contributed by atoms with Gasteiger partial charge < -0.3 is 9.84 Å². The van der Waals surface area contributed by atoms with Crippen LogP contribution in [-0.4, -0.2) is 11.7 Å². The van der Waals surface area contributed by atoms with Crippen LogP contribution in [0.4, 0.5) is 0 Å². The molecule has 0 heterocycles. The first-order valence-corrected chi connectivity index (χ1v) is 4.91. The lowest BCUT2D eigenvalue weighted by Gasteiger charge is -2.25. The van der Waals surface area contributed by atoms with E-state index < -0.39 is 0 Å². The van der Waals surface area contributed by atoms with E-state index in [9.17, 15) is 5.11 Å². The highest BCUT2D eigenvalue weighted by Crippen LogP contribution is 2.28. The van der Waals surface area contributed by atoms with Gasteiger partial charge >= 0.3 is 0 Å². The molecule has 2 heteroatoms. The fraction of sp³-hybridized carbons (Fsp3) is 0.500. The second-order valence-electron chi connectivity index (χ2n) is 3.94. The highest BCUT2D eigenvalue weighted by Gasteiger charge is 2.20. The van der Waals surface area contributed by atoms with Crippen molar-refractivity contribution in [2.75, 3.05) is 6.61 Å². The molecule has 0 aliphatic carbocycles. The molecule has 0 atom stereocenters. The largest absolute Gasteiger partial charge is 0.508 e. The zero-order valence-corrected chi connectivity index (χ0v) is 9.29. The number of aromatic hydroxyl groups is 1. The van der Waals surface area contributed by atoms with Crippen molar-refractivity contribution in [1.29, 1.82) is 0 Å². The molecule has 0 aliphatic heterocycles. The van der Waals surface area contributed by atoms with Crippen LogP contribution in [0.2, 0.25) is 0 Å². The number of phenolic OH excluding ortho intramolecular Hbond substituents is 1.